The normalized spacial score (nSPS) is 12.0. The third-order valence-electron chi connectivity index (χ3n) is 4.35. The van der Waals surface area contributed by atoms with Crippen LogP contribution < -0.4 is 5.56 Å². The number of hydrogen-bond donors (Lipinski definition) is 0. The van der Waals surface area contributed by atoms with Crippen molar-refractivity contribution >= 4 is 22.2 Å². The fourth-order valence-corrected chi connectivity index (χ4v) is 3.79. The molecule has 0 aliphatic heterocycles. The van der Waals surface area contributed by atoms with E-state index >= 15 is 0 Å². The van der Waals surface area contributed by atoms with Gasteiger partial charge in [0.1, 0.15) is 17.0 Å². The smallest absolute Gasteiger partial charge is 0.265 e. The van der Waals surface area contributed by atoms with E-state index in [0.29, 0.717) is 22.2 Å². The van der Waals surface area contributed by atoms with Crippen LogP contribution in [0.4, 0.5) is 4.39 Å². The highest BCUT2D eigenvalue weighted by Crippen LogP contribution is 2.30. The molecule has 27 heavy (non-hydrogen) atoms. The van der Waals surface area contributed by atoms with Crippen LogP contribution in [-0.2, 0) is 12.1 Å². The summed E-state index contributed by atoms with van der Waals surface area (Å²) in [6, 6.07) is 10.3. The second kappa shape index (κ2) is 6.42. The van der Waals surface area contributed by atoms with Gasteiger partial charge < -0.3 is 0 Å². The molecule has 1 aromatic carbocycles. The molecular formula is C20H19FN4OS. The Kier molecular flexibility index (Phi) is 4.19. The zero-order valence-corrected chi connectivity index (χ0v) is 16.1. The summed E-state index contributed by atoms with van der Waals surface area (Å²) >= 11 is 1.54. The highest BCUT2D eigenvalue weighted by Gasteiger charge is 2.23. The SMILES string of the molecule is CC(C)(C)n1ncc2c(-c3cccs3)nn(Cc3ccccc3F)c(=O)c21. The first-order valence-corrected chi connectivity index (χ1v) is 9.51. The molecule has 3 aromatic heterocycles. The van der Waals surface area contributed by atoms with Crippen molar-refractivity contribution in [3.8, 4) is 10.6 Å². The predicted molar refractivity (Wildman–Crippen MR) is 106 cm³/mol. The maximum atomic E-state index is 14.1. The fraction of sp³-hybridized carbons (Fsp3) is 0.250. The van der Waals surface area contributed by atoms with E-state index in [4.69, 9.17) is 0 Å². The van der Waals surface area contributed by atoms with Crippen molar-refractivity contribution in [3.05, 3.63) is 69.7 Å². The standard InChI is InChI=1S/C20H19FN4OS/c1-20(2,3)25-18-14(11-22-25)17(16-9-6-10-27-16)23-24(19(18)26)12-13-7-4-5-8-15(13)21/h4-11H,12H2,1-3H3. The number of rotatable bonds is 3. The van der Waals surface area contributed by atoms with Gasteiger partial charge in [-0.2, -0.15) is 10.2 Å². The van der Waals surface area contributed by atoms with Crippen molar-refractivity contribution in [2.45, 2.75) is 32.9 Å². The molecule has 0 atom stereocenters. The van der Waals surface area contributed by atoms with Crippen molar-refractivity contribution in [1.82, 2.24) is 19.6 Å². The van der Waals surface area contributed by atoms with Gasteiger partial charge in [-0.1, -0.05) is 24.3 Å². The van der Waals surface area contributed by atoms with Crippen molar-refractivity contribution in [3.63, 3.8) is 0 Å². The Labute approximate surface area is 159 Å². The lowest BCUT2D eigenvalue weighted by Gasteiger charge is -2.20. The van der Waals surface area contributed by atoms with Gasteiger partial charge in [0.2, 0.25) is 0 Å². The van der Waals surface area contributed by atoms with Gasteiger partial charge in [0.25, 0.3) is 5.56 Å². The summed E-state index contributed by atoms with van der Waals surface area (Å²) in [6.07, 6.45) is 1.69. The van der Waals surface area contributed by atoms with E-state index in [0.717, 1.165) is 4.88 Å². The summed E-state index contributed by atoms with van der Waals surface area (Å²) in [5.41, 5.74) is 0.945. The Morgan fingerprint density at radius 2 is 1.93 bits per heavy atom. The summed E-state index contributed by atoms with van der Waals surface area (Å²) < 4.78 is 17.2. The first kappa shape index (κ1) is 17.6. The van der Waals surface area contributed by atoms with Gasteiger partial charge in [-0.3, -0.25) is 9.48 Å². The van der Waals surface area contributed by atoms with Gasteiger partial charge >= 0.3 is 0 Å². The molecule has 0 bridgehead atoms. The lowest BCUT2D eigenvalue weighted by Crippen LogP contribution is -2.31. The molecule has 0 N–H and O–H groups in total. The van der Waals surface area contributed by atoms with Crippen molar-refractivity contribution < 1.29 is 4.39 Å². The van der Waals surface area contributed by atoms with Crippen molar-refractivity contribution in [2.24, 2.45) is 0 Å². The molecule has 0 aliphatic carbocycles. The highest BCUT2D eigenvalue weighted by atomic mass is 32.1. The number of hydrogen-bond acceptors (Lipinski definition) is 4. The number of halogens is 1. The zero-order chi connectivity index (χ0) is 19.2. The van der Waals surface area contributed by atoms with Gasteiger partial charge in [0.05, 0.1) is 28.5 Å². The first-order valence-electron chi connectivity index (χ1n) is 8.63. The van der Waals surface area contributed by atoms with Crippen LogP contribution in [0.3, 0.4) is 0 Å². The van der Waals surface area contributed by atoms with Crippen LogP contribution in [0.5, 0.6) is 0 Å². The second-order valence-electron chi connectivity index (χ2n) is 7.37. The molecule has 138 valence electrons. The minimum absolute atomic E-state index is 0.0646. The molecule has 4 aromatic rings. The minimum atomic E-state index is -0.370. The lowest BCUT2D eigenvalue weighted by atomic mass is 10.1. The van der Waals surface area contributed by atoms with E-state index in [1.807, 2.05) is 38.3 Å². The maximum Gasteiger partial charge on any atom is 0.293 e. The Balaban J connectivity index is 2.00. The number of nitrogens with zero attached hydrogens (tertiary/aromatic N) is 4. The quantitative estimate of drug-likeness (QED) is 0.532. The first-order chi connectivity index (χ1) is 12.9. The number of thiophene rings is 1. The molecule has 3 heterocycles. The molecule has 0 amide bonds. The molecular weight excluding hydrogens is 363 g/mol. The third kappa shape index (κ3) is 3.08. The van der Waals surface area contributed by atoms with E-state index in [9.17, 15) is 9.18 Å². The maximum absolute atomic E-state index is 14.1. The topological polar surface area (TPSA) is 52.7 Å². The number of fused-ring (bicyclic) bond motifs is 1. The predicted octanol–water partition coefficient (Wildman–Crippen LogP) is 4.26. The molecule has 0 fully saturated rings. The van der Waals surface area contributed by atoms with Crippen molar-refractivity contribution in [1.29, 1.82) is 0 Å². The molecule has 7 heteroatoms. The Hall–Kier alpha value is -2.80. The van der Waals surface area contributed by atoms with Crippen molar-refractivity contribution in [2.75, 3.05) is 0 Å². The summed E-state index contributed by atoms with van der Waals surface area (Å²) in [4.78, 5) is 14.2. The van der Waals surface area contributed by atoms with Crippen LogP contribution in [0.25, 0.3) is 21.5 Å². The van der Waals surface area contributed by atoms with E-state index < -0.39 is 0 Å². The number of aromatic nitrogens is 4. The molecule has 4 rings (SSSR count). The minimum Gasteiger partial charge on any atom is -0.265 e. The molecule has 5 nitrogen and oxygen atoms in total. The third-order valence-corrected chi connectivity index (χ3v) is 5.23. The van der Waals surface area contributed by atoms with Gasteiger partial charge in [0.15, 0.2) is 0 Å². The highest BCUT2D eigenvalue weighted by molar-refractivity contribution is 7.13. The van der Waals surface area contributed by atoms with E-state index in [1.165, 1.54) is 10.7 Å². The summed E-state index contributed by atoms with van der Waals surface area (Å²) in [5, 5.41) is 11.7. The van der Waals surface area contributed by atoms with Crippen LogP contribution in [-0.4, -0.2) is 19.6 Å². The molecule has 0 saturated carbocycles. The molecule has 0 aliphatic rings. The van der Waals surface area contributed by atoms with E-state index in [2.05, 4.69) is 10.2 Å². The average molecular weight is 382 g/mol. The van der Waals surface area contributed by atoms with Crippen LogP contribution in [0, 0.1) is 5.82 Å². The van der Waals surface area contributed by atoms with Gasteiger partial charge in [-0.25, -0.2) is 9.07 Å². The fourth-order valence-electron chi connectivity index (χ4n) is 3.07. The van der Waals surface area contributed by atoms with Gasteiger partial charge in [-0.05, 0) is 38.3 Å². The summed E-state index contributed by atoms with van der Waals surface area (Å²) in [5.74, 6) is -0.353. The molecule has 0 radical (unpaired) electrons. The lowest BCUT2D eigenvalue weighted by molar-refractivity contribution is 0.366. The monoisotopic (exact) mass is 382 g/mol. The van der Waals surface area contributed by atoms with Crippen LogP contribution in [0.1, 0.15) is 26.3 Å². The van der Waals surface area contributed by atoms with E-state index in [-0.39, 0.29) is 23.5 Å². The Morgan fingerprint density at radius 3 is 2.59 bits per heavy atom. The average Bonchev–Trinajstić information content (AvgIpc) is 3.28. The molecule has 0 unspecified atom stereocenters. The molecule has 0 saturated heterocycles. The van der Waals surface area contributed by atoms with E-state index in [1.54, 1.807) is 40.4 Å². The largest absolute Gasteiger partial charge is 0.293 e. The molecule has 0 spiro atoms. The number of benzene rings is 1. The van der Waals surface area contributed by atoms with Crippen LogP contribution >= 0.6 is 11.3 Å². The zero-order valence-electron chi connectivity index (χ0n) is 15.3. The van der Waals surface area contributed by atoms with Gasteiger partial charge in [0, 0.05) is 5.56 Å². The second-order valence-corrected chi connectivity index (χ2v) is 8.32. The van der Waals surface area contributed by atoms with Gasteiger partial charge in [-0.15, -0.1) is 11.3 Å². The van der Waals surface area contributed by atoms with Crippen LogP contribution in [0.15, 0.2) is 52.8 Å². The summed E-state index contributed by atoms with van der Waals surface area (Å²) in [7, 11) is 0. The Bertz CT molecular complexity index is 1170. The Morgan fingerprint density at radius 1 is 1.15 bits per heavy atom. The summed E-state index contributed by atoms with van der Waals surface area (Å²) in [6.45, 7) is 6.04. The van der Waals surface area contributed by atoms with Crippen LogP contribution in [0.2, 0.25) is 0 Å².